The Labute approximate surface area is 108 Å². The van der Waals surface area contributed by atoms with E-state index in [0.29, 0.717) is 6.61 Å². The van der Waals surface area contributed by atoms with Gasteiger partial charge in [-0.15, -0.1) is 0 Å². The summed E-state index contributed by atoms with van der Waals surface area (Å²) in [6, 6.07) is 7.52. The molecule has 1 atom stereocenters. The van der Waals surface area contributed by atoms with Crippen LogP contribution in [0.1, 0.15) is 12.5 Å². The highest BCUT2D eigenvalue weighted by atomic mass is 16.5. The van der Waals surface area contributed by atoms with Crippen LogP contribution in [0.4, 0.5) is 0 Å². The van der Waals surface area contributed by atoms with Gasteiger partial charge in [-0.25, -0.2) is 0 Å². The average molecular weight is 249 g/mol. The third kappa shape index (κ3) is 4.59. The number of hydrogen-bond acceptors (Lipinski definition) is 3. The molecule has 1 amide bonds. The van der Waals surface area contributed by atoms with Gasteiger partial charge in [-0.1, -0.05) is 18.2 Å². The lowest BCUT2D eigenvalue weighted by molar-refractivity contribution is -0.117. The minimum Gasteiger partial charge on any atom is -0.496 e. The van der Waals surface area contributed by atoms with Crippen molar-refractivity contribution in [3.63, 3.8) is 0 Å². The Morgan fingerprint density at radius 1 is 1.39 bits per heavy atom. The summed E-state index contributed by atoms with van der Waals surface area (Å²) in [7, 11) is 3.21. The van der Waals surface area contributed by atoms with Crippen LogP contribution in [0, 0.1) is 0 Å². The first-order valence-electron chi connectivity index (χ1n) is 5.78. The summed E-state index contributed by atoms with van der Waals surface area (Å²) in [6.07, 6.45) is 3.22. The highest BCUT2D eigenvalue weighted by molar-refractivity contribution is 5.92. The highest BCUT2D eigenvalue weighted by Crippen LogP contribution is 2.18. The van der Waals surface area contributed by atoms with Crippen LogP contribution in [-0.4, -0.2) is 32.8 Å². The van der Waals surface area contributed by atoms with E-state index in [-0.39, 0.29) is 11.9 Å². The van der Waals surface area contributed by atoms with Gasteiger partial charge >= 0.3 is 0 Å². The van der Waals surface area contributed by atoms with E-state index in [9.17, 15) is 4.79 Å². The van der Waals surface area contributed by atoms with E-state index >= 15 is 0 Å². The Morgan fingerprint density at radius 3 is 2.78 bits per heavy atom. The summed E-state index contributed by atoms with van der Waals surface area (Å²) in [5.41, 5.74) is 0.870. The van der Waals surface area contributed by atoms with Crippen LogP contribution in [0.5, 0.6) is 5.75 Å². The van der Waals surface area contributed by atoms with E-state index in [1.54, 1.807) is 20.3 Å². The van der Waals surface area contributed by atoms with Crippen molar-refractivity contribution in [1.82, 2.24) is 5.32 Å². The third-order valence-corrected chi connectivity index (χ3v) is 2.36. The molecule has 1 N–H and O–H groups in total. The van der Waals surface area contributed by atoms with E-state index in [0.717, 1.165) is 11.3 Å². The average Bonchev–Trinajstić information content (AvgIpc) is 2.37. The molecule has 0 aliphatic carbocycles. The van der Waals surface area contributed by atoms with Crippen LogP contribution < -0.4 is 10.1 Å². The zero-order chi connectivity index (χ0) is 13.4. The number of para-hydroxylation sites is 1. The van der Waals surface area contributed by atoms with E-state index in [1.807, 2.05) is 31.2 Å². The number of carbonyl (C=O) groups excluding carboxylic acids is 1. The second-order valence-electron chi connectivity index (χ2n) is 3.94. The van der Waals surface area contributed by atoms with Crippen molar-refractivity contribution in [2.24, 2.45) is 0 Å². The van der Waals surface area contributed by atoms with Crippen molar-refractivity contribution in [2.75, 3.05) is 20.8 Å². The van der Waals surface area contributed by atoms with Gasteiger partial charge in [0.2, 0.25) is 5.91 Å². The van der Waals surface area contributed by atoms with Gasteiger partial charge in [0, 0.05) is 24.8 Å². The van der Waals surface area contributed by atoms with Crippen molar-refractivity contribution >= 4 is 12.0 Å². The molecule has 0 aliphatic rings. The lowest BCUT2D eigenvalue weighted by Crippen LogP contribution is -2.34. The Kier molecular flexibility index (Phi) is 5.94. The first-order chi connectivity index (χ1) is 8.67. The van der Waals surface area contributed by atoms with Crippen molar-refractivity contribution < 1.29 is 14.3 Å². The van der Waals surface area contributed by atoms with Gasteiger partial charge in [0.1, 0.15) is 5.75 Å². The number of hydrogen-bond donors (Lipinski definition) is 1. The summed E-state index contributed by atoms with van der Waals surface area (Å²) < 4.78 is 10.1. The van der Waals surface area contributed by atoms with Gasteiger partial charge in [0.25, 0.3) is 0 Å². The smallest absolute Gasteiger partial charge is 0.244 e. The fourth-order valence-electron chi connectivity index (χ4n) is 1.55. The van der Waals surface area contributed by atoms with Crippen molar-refractivity contribution in [3.05, 3.63) is 35.9 Å². The van der Waals surface area contributed by atoms with Gasteiger partial charge in [-0.3, -0.25) is 4.79 Å². The second kappa shape index (κ2) is 7.50. The van der Waals surface area contributed by atoms with Crippen LogP contribution in [0.25, 0.3) is 6.08 Å². The van der Waals surface area contributed by atoms with Gasteiger partial charge in [-0.2, -0.15) is 0 Å². The SMILES string of the molecule is COCC(C)NC(=O)C=Cc1ccccc1OC. The molecule has 4 nitrogen and oxygen atoms in total. The number of ether oxygens (including phenoxy) is 2. The monoisotopic (exact) mass is 249 g/mol. The zero-order valence-electron chi connectivity index (χ0n) is 11.0. The molecular weight excluding hydrogens is 230 g/mol. The van der Waals surface area contributed by atoms with E-state index in [1.165, 1.54) is 6.08 Å². The fourth-order valence-corrected chi connectivity index (χ4v) is 1.55. The van der Waals surface area contributed by atoms with Gasteiger partial charge in [0.05, 0.1) is 13.7 Å². The maximum atomic E-state index is 11.6. The van der Waals surface area contributed by atoms with E-state index in [4.69, 9.17) is 9.47 Å². The standard InChI is InChI=1S/C14H19NO3/c1-11(10-17-2)15-14(16)9-8-12-6-4-5-7-13(12)18-3/h4-9,11H,10H2,1-3H3,(H,15,16). The van der Waals surface area contributed by atoms with E-state index in [2.05, 4.69) is 5.32 Å². The molecule has 0 aliphatic heterocycles. The predicted octanol–water partition coefficient (Wildman–Crippen LogP) is 1.86. The topological polar surface area (TPSA) is 47.6 Å². The molecule has 0 saturated carbocycles. The number of rotatable bonds is 6. The molecule has 1 aromatic rings. The number of methoxy groups -OCH3 is 2. The summed E-state index contributed by atoms with van der Waals surface area (Å²) in [6.45, 7) is 2.38. The largest absolute Gasteiger partial charge is 0.496 e. The molecule has 18 heavy (non-hydrogen) atoms. The Morgan fingerprint density at radius 2 is 2.11 bits per heavy atom. The normalized spacial score (nSPS) is 12.4. The lowest BCUT2D eigenvalue weighted by Gasteiger charge is -2.10. The van der Waals surface area contributed by atoms with Gasteiger partial charge in [0.15, 0.2) is 0 Å². The van der Waals surface area contributed by atoms with Gasteiger partial charge in [-0.05, 0) is 19.1 Å². The quantitative estimate of drug-likeness (QED) is 0.783. The molecule has 0 heterocycles. The minimum atomic E-state index is -0.148. The Hall–Kier alpha value is -1.81. The summed E-state index contributed by atoms with van der Waals surface area (Å²) in [5.74, 6) is 0.594. The number of nitrogens with one attached hydrogen (secondary N) is 1. The summed E-state index contributed by atoms with van der Waals surface area (Å²) >= 11 is 0. The molecule has 0 radical (unpaired) electrons. The third-order valence-electron chi connectivity index (χ3n) is 2.36. The number of carbonyl (C=O) groups is 1. The molecule has 1 aromatic carbocycles. The van der Waals surface area contributed by atoms with Crippen molar-refractivity contribution in [1.29, 1.82) is 0 Å². The molecule has 0 spiro atoms. The maximum absolute atomic E-state index is 11.6. The second-order valence-corrected chi connectivity index (χ2v) is 3.94. The predicted molar refractivity (Wildman–Crippen MR) is 71.5 cm³/mol. The molecule has 1 unspecified atom stereocenters. The zero-order valence-corrected chi connectivity index (χ0v) is 11.0. The van der Waals surface area contributed by atoms with Gasteiger partial charge < -0.3 is 14.8 Å². The molecule has 0 aromatic heterocycles. The maximum Gasteiger partial charge on any atom is 0.244 e. The molecule has 0 saturated heterocycles. The number of benzene rings is 1. The number of amides is 1. The summed E-state index contributed by atoms with van der Waals surface area (Å²) in [5, 5.41) is 2.80. The molecular formula is C14H19NO3. The lowest BCUT2D eigenvalue weighted by atomic mass is 10.2. The van der Waals surface area contributed by atoms with Crippen LogP contribution >= 0.6 is 0 Å². The van der Waals surface area contributed by atoms with Crippen LogP contribution in [0.3, 0.4) is 0 Å². The Balaban J connectivity index is 2.60. The van der Waals surface area contributed by atoms with Crippen LogP contribution in [-0.2, 0) is 9.53 Å². The van der Waals surface area contributed by atoms with Crippen LogP contribution in [0.2, 0.25) is 0 Å². The molecule has 0 fully saturated rings. The van der Waals surface area contributed by atoms with Crippen molar-refractivity contribution in [2.45, 2.75) is 13.0 Å². The molecule has 1 rings (SSSR count). The fraction of sp³-hybridized carbons (Fsp3) is 0.357. The van der Waals surface area contributed by atoms with Crippen molar-refractivity contribution in [3.8, 4) is 5.75 Å². The van der Waals surface area contributed by atoms with E-state index < -0.39 is 0 Å². The molecule has 4 heteroatoms. The van der Waals surface area contributed by atoms with Crippen LogP contribution in [0.15, 0.2) is 30.3 Å². The first-order valence-corrected chi connectivity index (χ1v) is 5.78. The minimum absolute atomic E-state index is 0.00943. The molecule has 98 valence electrons. The first kappa shape index (κ1) is 14.3. The summed E-state index contributed by atoms with van der Waals surface area (Å²) in [4.78, 5) is 11.6. The molecule has 0 bridgehead atoms. The highest BCUT2D eigenvalue weighted by Gasteiger charge is 2.04. The Bertz CT molecular complexity index is 415.